The van der Waals surface area contributed by atoms with Crippen molar-refractivity contribution in [3.05, 3.63) is 12.2 Å². The zero-order valence-electron chi connectivity index (χ0n) is 7.85. The number of hydrogen-bond donors (Lipinski definition) is 1. The minimum Gasteiger partial charge on any atom is -0.481 e. The second kappa shape index (κ2) is 3.44. The summed E-state index contributed by atoms with van der Waals surface area (Å²) in [5.41, 5.74) is 0. The first-order valence-electron chi connectivity index (χ1n) is 4.89. The topological polar surface area (TPSA) is 57.6 Å². The first kappa shape index (κ1) is 9.24. The van der Waals surface area contributed by atoms with Gasteiger partial charge in [0.25, 0.3) is 0 Å². The zero-order chi connectivity index (χ0) is 10.1. The normalized spacial score (nSPS) is 31.4. The largest absolute Gasteiger partial charge is 0.481 e. The number of hydrogen-bond acceptors (Lipinski definition) is 2. The quantitative estimate of drug-likeness (QED) is 0.658. The maximum Gasteiger partial charge on any atom is 0.310 e. The predicted octanol–water partition coefficient (Wildman–Crippen LogP) is 0.638. The van der Waals surface area contributed by atoms with Gasteiger partial charge in [0.05, 0.1) is 12.0 Å². The van der Waals surface area contributed by atoms with Crippen LogP contribution < -0.4 is 0 Å². The summed E-state index contributed by atoms with van der Waals surface area (Å²) in [4.78, 5) is 23.9. The predicted molar refractivity (Wildman–Crippen MR) is 49.6 cm³/mol. The number of nitrogens with zero attached hydrogens (tertiary/aromatic N) is 1. The van der Waals surface area contributed by atoms with Gasteiger partial charge >= 0.3 is 5.97 Å². The lowest BCUT2D eigenvalue weighted by atomic mass is 10.1. The Morgan fingerprint density at radius 1 is 1.50 bits per heavy atom. The van der Waals surface area contributed by atoms with Crippen LogP contribution in [0.3, 0.4) is 0 Å². The standard InChI is InChI=1S/C10H13NO3/c12-9-2-1-5-11(9)8-4-3-7(6-8)10(13)14/h3-4,7-8H,1-2,5-6H2,(H,13,14). The minimum atomic E-state index is -0.796. The van der Waals surface area contributed by atoms with Crippen molar-refractivity contribution in [3.63, 3.8) is 0 Å². The molecule has 0 spiro atoms. The molecular weight excluding hydrogens is 182 g/mol. The number of carboxylic acids is 1. The van der Waals surface area contributed by atoms with Crippen molar-refractivity contribution in [2.24, 2.45) is 5.92 Å². The van der Waals surface area contributed by atoms with E-state index < -0.39 is 11.9 Å². The highest BCUT2D eigenvalue weighted by atomic mass is 16.4. The van der Waals surface area contributed by atoms with Gasteiger partial charge < -0.3 is 10.0 Å². The third kappa shape index (κ3) is 1.52. The molecule has 1 fully saturated rings. The molecule has 0 saturated carbocycles. The van der Waals surface area contributed by atoms with Crippen LogP contribution in [0.5, 0.6) is 0 Å². The molecule has 2 rings (SSSR count). The van der Waals surface area contributed by atoms with E-state index in [1.54, 1.807) is 11.0 Å². The van der Waals surface area contributed by atoms with E-state index in [4.69, 9.17) is 5.11 Å². The zero-order valence-corrected chi connectivity index (χ0v) is 7.85. The van der Waals surface area contributed by atoms with Crippen molar-refractivity contribution in [2.75, 3.05) is 6.54 Å². The summed E-state index contributed by atoms with van der Waals surface area (Å²) >= 11 is 0. The van der Waals surface area contributed by atoms with Crippen molar-refractivity contribution in [1.29, 1.82) is 0 Å². The molecule has 14 heavy (non-hydrogen) atoms. The molecular formula is C10H13NO3. The third-order valence-corrected chi connectivity index (χ3v) is 2.89. The van der Waals surface area contributed by atoms with Gasteiger partial charge in [0, 0.05) is 13.0 Å². The van der Waals surface area contributed by atoms with Gasteiger partial charge in [-0.1, -0.05) is 12.2 Å². The third-order valence-electron chi connectivity index (χ3n) is 2.89. The highest BCUT2D eigenvalue weighted by Gasteiger charge is 2.32. The van der Waals surface area contributed by atoms with Crippen LogP contribution in [0.15, 0.2) is 12.2 Å². The van der Waals surface area contributed by atoms with Crippen LogP contribution in [0.1, 0.15) is 19.3 Å². The molecule has 2 atom stereocenters. The fourth-order valence-corrected chi connectivity index (χ4v) is 2.11. The van der Waals surface area contributed by atoms with Gasteiger partial charge in [-0.25, -0.2) is 0 Å². The molecule has 0 aromatic heterocycles. The highest BCUT2D eigenvalue weighted by molar-refractivity contribution is 5.79. The van der Waals surface area contributed by atoms with E-state index in [1.807, 2.05) is 6.08 Å². The molecule has 0 bridgehead atoms. The molecule has 0 radical (unpaired) electrons. The molecule has 2 aliphatic rings. The number of rotatable bonds is 2. The SMILES string of the molecule is O=C(O)C1C=CC(N2CCCC2=O)C1. The van der Waals surface area contributed by atoms with Crippen LogP contribution in [-0.4, -0.2) is 34.5 Å². The van der Waals surface area contributed by atoms with Gasteiger partial charge in [0.15, 0.2) is 0 Å². The molecule has 1 heterocycles. The Kier molecular flexibility index (Phi) is 2.27. The number of carboxylic acid groups (broad SMARTS) is 1. The van der Waals surface area contributed by atoms with Crippen molar-refractivity contribution in [2.45, 2.75) is 25.3 Å². The number of likely N-dealkylation sites (tertiary alicyclic amines) is 1. The van der Waals surface area contributed by atoms with Crippen LogP contribution >= 0.6 is 0 Å². The average molecular weight is 195 g/mol. The number of carbonyl (C=O) groups excluding carboxylic acids is 1. The van der Waals surface area contributed by atoms with Crippen molar-refractivity contribution in [1.82, 2.24) is 4.90 Å². The van der Waals surface area contributed by atoms with Crippen LogP contribution in [0, 0.1) is 5.92 Å². The van der Waals surface area contributed by atoms with E-state index in [0.717, 1.165) is 13.0 Å². The van der Waals surface area contributed by atoms with Gasteiger partial charge in [-0.15, -0.1) is 0 Å². The van der Waals surface area contributed by atoms with E-state index in [9.17, 15) is 9.59 Å². The summed E-state index contributed by atoms with van der Waals surface area (Å²) in [5.74, 6) is -1.05. The minimum absolute atomic E-state index is 0.0195. The maximum absolute atomic E-state index is 11.4. The lowest BCUT2D eigenvalue weighted by molar-refractivity contribution is -0.140. The van der Waals surface area contributed by atoms with E-state index in [0.29, 0.717) is 12.8 Å². The van der Waals surface area contributed by atoms with Gasteiger partial charge in [0.1, 0.15) is 0 Å². The second-order valence-corrected chi connectivity index (χ2v) is 3.82. The fourth-order valence-electron chi connectivity index (χ4n) is 2.11. The molecule has 1 aliphatic heterocycles. The Morgan fingerprint density at radius 2 is 2.29 bits per heavy atom. The van der Waals surface area contributed by atoms with E-state index in [1.165, 1.54) is 0 Å². The number of amides is 1. The van der Waals surface area contributed by atoms with Crippen LogP contribution in [0.2, 0.25) is 0 Å². The number of carbonyl (C=O) groups is 2. The average Bonchev–Trinajstić information content (AvgIpc) is 2.71. The summed E-state index contributed by atoms with van der Waals surface area (Å²) in [6.45, 7) is 0.778. The van der Waals surface area contributed by atoms with Crippen LogP contribution in [0.25, 0.3) is 0 Å². The summed E-state index contributed by atoms with van der Waals surface area (Å²) in [6.07, 6.45) is 5.60. The fraction of sp³-hybridized carbons (Fsp3) is 0.600. The van der Waals surface area contributed by atoms with Crippen molar-refractivity contribution in [3.8, 4) is 0 Å². The highest BCUT2D eigenvalue weighted by Crippen LogP contribution is 2.25. The van der Waals surface area contributed by atoms with Gasteiger partial charge in [-0.05, 0) is 12.8 Å². The first-order chi connectivity index (χ1) is 6.68. The van der Waals surface area contributed by atoms with E-state index in [2.05, 4.69) is 0 Å². The van der Waals surface area contributed by atoms with Crippen molar-refractivity contribution >= 4 is 11.9 Å². The van der Waals surface area contributed by atoms with Crippen molar-refractivity contribution < 1.29 is 14.7 Å². The molecule has 4 heteroatoms. The molecule has 4 nitrogen and oxygen atoms in total. The Hall–Kier alpha value is -1.32. The van der Waals surface area contributed by atoms with Crippen LogP contribution in [0.4, 0.5) is 0 Å². The Bertz CT molecular complexity index is 298. The number of aliphatic carboxylic acids is 1. The molecule has 0 aromatic carbocycles. The maximum atomic E-state index is 11.4. The van der Waals surface area contributed by atoms with Gasteiger partial charge in [-0.2, -0.15) is 0 Å². The smallest absolute Gasteiger partial charge is 0.310 e. The van der Waals surface area contributed by atoms with Gasteiger partial charge in [0.2, 0.25) is 5.91 Å². The molecule has 2 unspecified atom stereocenters. The Labute approximate surface area is 82.2 Å². The molecule has 1 N–H and O–H groups in total. The summed E-state index contributed by atoms with van der Waals surface area (Å²) < 4.78 is 0. The lowest BCUT2D eigenvalue weighted by Gasteiger charge is -2.22. The monoisotopic (exact) mass is 195 g/mol. The molecule has 1 amide bonds. The van der Waals surface area contributed by atoms with E-state index in [-0.39, 0.29) is 11.9 Å². The molecule has 1 saturated heterocycles. The van der Waals surface area contributed by atoms with Crippen LogP contribution in [-0.2, 0) is 9.59 Å². The van der Waals surface area contributed by atoms with Gasteiger partial charge in [-0.3, -0.25) is 9.59 Å². The molecule has 1 aliphatic carbocycles. The summed E-state index contributed by atoms with van der Waals surface area (Å²) in [6, 6.07) is 0.0195. The summed E-state index contributed by atoms with van der Waals surface area (Å²) in [5, 5.41) is 8.79. The molecule has 76 valence electrons. The molecule has 0 aromatic rings. The lowest BCUT2D eigenvalue weighted by Crippen LogP contribution is -2.34. The van der Waals surface area contributed by atoms with E-state index >= 15 is 0 Å². The Morgan fingerprint density at radius 3 is 2.79 bits per heavy atom. The summed E-state index contributed by atoms with van der Waals surface area (Å²) in [7, 11) is 0. The first-order valence-corrected chi connectivity index (χ1v) is 4.89. The Balaban J connectivity index is 1.99. The second-order valence-electron chi connectivity index (χ2n) is 3.82.